The van der Waals surface area contributed by atoms with Gasteiger partial charge in [0.15, 0.2) is 0 Å². The van der Waals surface area contributed by atoms with Gasteiger partial charge in [0, 0.05) is 24.2 Å². The normalized spacial score (nSPS) is 19.3. The molecule has 1 aromatic heterocycles. The van der Waals surface area contributed by atoms with Crippen LogP contribution in [0.5, 0.6) is 5.75 Å². The number of hydrogen-bond donors (Lipinski definition) is 1. The van der Waals surface area contributed by atoms with Gasteiger partial charge in [0.2, 0.25) is 5.82 Å². The number of urea groups is 1. The standard InChI is InChI=1S/C29H33N5O3/c1-18(2)36-26-13-12-20(15-21(26)16-30)28-32-27(33-37-28)24-10-4-9-23-22(24)8-5-11-25(23)31-29(35)34-14-6-7-19(3)17-34/h4,9-10,12-13,15,18-19,25H,5-8,11,14,17H2,1-3H3,(H,31,35)/t19-,25-/m0/s1. The lowest BCUT2D eigenvalue weighted by Crippen LogP contribution is -2.46. The third-order valence-corrected chi connectivity index (χ3v) is 7.13. The molecule has 2 aliphatic rings. The Morgan fingerprint density at radius 1 is 1.24 bits per heavy atom. The van der Waals surface area contributed by atoms with E-state index in [-0.39, 0.29) is 18.2 Å². The number of benzene rings is 2. The highest BCUT2D eigenvalue weighted by Crippen LogP contribution is 2.36. The van der Waals surface area contributed by atoms with Gasteiger partial charge in [-0.05, 0) is 81.2 Å². The van der Waals surface area contributed by atoms with Crippen LogP contribution in [0.25, 0.3) is 22.8 Å². The van der Waals surface area contributed by atoms with Crippen molar-refractivity contribution < 1.29 is 14.1 Å². The molecule has 1 N–H and O–H groups in total. The molecule has 0 radical (unpaired) electrons. The minimum absolute atomic E-state index is 0.0230. The van der Waals surface area contributed by atoms with Crippen molar-refractivity contribution in [2.24, 2.45) is 5.92 Å². The van der Waals surface area contributed by atoms with Gasteiger partial charge in [-0.2, -0.15) is 10.2 Å². The fourth-order valence-corrected chi connectivity index (χ4v) is 5.38. The Kier molecular flexibility index (Phi) is 7.13. The molecule has 0 unspecified atom stereocenters. The largest absolute Gasteiger partial charge is 0.490 e. The summed E-state index contributed by atoms with van der Waals surface area (Å²) >= 11 is 0. The number of aromatic nitrogens is 2. The van der Waals surface area contributed by atoms with Crippen LogP contribution in [0.1, 0.15) is 69.2 Å². The number of ether oxygens (including phenoxy) is 1. The Morgan fingerprint density at radius 2 is 2.11 bits per heavy atom. The monoisotopic (exact) mass is 499 g/mol. The Hall–Kier alpha value is -3.86. The second kappa shape index (κ2) is 10.6. The number of nitrogens with zero attached hydrogens (tertiary/aromatic N) is 4. The minimum Gasteiger partial charge on any atom is -0.490 e. The van der Waals surface area contributed by atoms with Crippen LogP contribution < -0.4 is 10.1 Å². The van der Waals surface area contributed by atoms with E-state index in [1.807, 2.05) is 36.9 Å². The Morgan fingerprint density at radius 3 is 2.89 bits per heavy atom. The van der Waals surface area contributed by atoms with Crippen molar-refractivity contribution >= 4 is 6.03 Å². The Labute approximate surface area is 217 Å². The number of rotatable bonds is 5. The van der Waals surface area contributed by atoms with Crippen molar-refractivity contribution in [1.29, 1.82) is 5.26 Å². The van der Waals surface area contributed by atoms with Crippen molar-refractivity contribution in [3.63, 3.8) is 0 Å². The van der Waals surface area contributed by atoms with Crippen LogP contribution in [0.15, 0.2) is 40.9 Å². The van der Waals surface area contributed by atoms with Gasteiger partial charge in [0.25, 0.3) is 5.89 Å². The summed E-state index contributed by atoms with van der Waals surface area (Å²) in [6.45, 7) is 7.68. The molecular formula is C29H33N5O3. The van der Waals surface area contributed by atoms with Crippen LogP contribution in [0, 0.1) is 17.2 Å². The van der Waals surface area contributed by atoms with Gasteiger partial charge in [-0.3, -0.25) is 0 Å². The van der Waals surface area contributed by atoms with Gasteiger partial charge in [-0.1, -0.05) is 30.3 Å². The lowest BCUT2D eigenvalue weighted by Gasteiger charge is -2.34. The first-order valence-electron chi connectivity index (χ1n) is 13.2. The molecule has 3 aromatic rings. The molecule has 0 bridgehead atoms. The molecule has 2 heterocycles. The maximum Gasteiger partial charge on any atom is 0.317 e. The first-order chi connectivity index (χ1) is 17.9. The fraction of sp³-hybridized carbons (Fsp3) is 0.448. The van der Waals surface area contributed by atoms with E-state index in [1.165, 1.54) is 6.42 Å². The van der Waals surface area contributed by atoms with Gasteiger partial charge in [-0.15, -0.1) is 0 Å². The molecule has 1 saturated heterocycles. The van der Waals surface area contributed by atoms with Crippen molar-refractivity contribution in [2.45, 2.75) is 65.0 Å². The van der Waals surface area contributed by atoms with E-state index in [4.69, 9.17) is 9.26 Å². The summed E-state index contributed by atoms with van der Waals surface area (Å²) in [5.41, 5.74) is 4.27. The molecule has 2 aromatic carbocycles. The number of likely N-dealkylation sites (tertiary alicyclic amines) is 1. The number of nitrogens with one attached hydrogen (secondary N) is 1. The number of amides is 2. The number of fused-ring (bicyclic) bond motifs is 1. The summed E-state index contributed by atoms with van der Waals surface area (Å²) in [7, 11) is 0. The second-order valence-corrected chi connectivity index (χ2v) is 10.4. The van der Waals surface area contributed by atoms with Crippen LogP contribution in [0.3, 0.4) is 0 Å². The summed E-state index contributed by atoms with van der Waals surface area (Å²) in [6, 6.07) is 13.6. The third kappa shape index (κ3) is 5.31. The lowest BCUT2D eigenvalue weighted by molar-refractivity contribution is 0.165. The maximum atomic E-state index is 13.0. The third-order valence-electron chi connectivity index (χ3n) is 7.13. The van der Waals surface area contributed by atoms with Gasteiger partial charge >= 0.3 is 6.03 Å². The topological polar surface area (TPSA) is 104 Å². The SMILES string of the molecule is CC(C)Oc1ccc(-c2nc(-c3cccc4c3CCC[C@@H]4NC(=O)N3CCC[C@H](C)C3)no2)cc1C#N. The summed E-state index contributed by atoms with van der Waals surface area (Å²) in [6.07, 6.45) is 4.98. The summed E-state index contributed by atoms with van der Waals surface area (Å²) < 4.78 is 11.3. The first-order valence-corrected chi connectivity index (χ1v) is 13.2. The number of piperidine rings is 1. The van der Waals surface area contributed by atoms with Gasteiger partial charge in [0.1, 0.15) is 11.8 Å². The zero-order valence-corrected chi connectivity index (χ0v) is 21.7. The van der Waals surface area contributed by atoms with E-state index in [9.17, 15) is 10.1 Å². The first kappa shape index (κ1) is 24.8. The Bertz CT molecular complexity index is 1330. The second-order valence-electron chi connectivity index (χ2n) is 10.4. The molecule has 1 aliphatic heterocycles. The quantitative estimate of drug-likeness (QED) is 0.470. The highest BCUT2D eigenvalue weighted by atomic mass is 16.5. The number of nitriles is 1. The zero-order valence-electron chi connectivity index (χ0n) is 21.7. The van der Waals surface area contributed by atoms with E-state index in [2.05, 4.69) is 34.5 Å². The van der Waals surface area contributed by atoms with Crippen molar-refractivity contribution in [3.8, 4) is 34.7 Å². The van der Waals surface area contributed by atoms with E-state index >= 15 is 0 Å². The average Bonchev–Trinajstić information content (AvgIpc) is 3.38. The van der Waals surface area contributed by atoms with E-state index in [1.54, 1.807) is 12.1 Å². The number of carbonyl (C=O) groups is 1. The predicted octanol–water partition coefficient (Wildman–Crippen LogP) is 5.88. The molecule has 5 rings (SSSR count). The lowest BCUT2D eigenvalue weighted by atomic mass is 9.84. The number of hydrogen-bond acceptors (Lipinski definition) is 6. The Balaban J connectivity index is 1.39. The maximum absolute atomic E-state index is 13.0. The average molecular weight is 500 g/mol. The fourth-order valence-electron chi connectivity index (χ4n) is 5.38. The predicted molar refractivity (Wildman–Crippen MR) is 140 cm³/mol. The van der Waals surface area contributed by atoms with E-state index < -0.39 is 0 Å². The molecule has 8 nitrogen and oxygen atoms in total. The van der Waals surface area contributed by atoms with Gasteiger partial charge < -0.3 is 19.5 Å². The van der Waals surface area contributed by atoms with Crippen LogP contribution in [-0.4, -0.2) is 40.3 Å². The summed E-state index contributed by atoms with van der Waals surface area (Å²) in [4.78, 5) is 19.6. The molecule has 2 atom stereocenters. The molecular weight excluding hydrogens is 466 g/mol. The highest BCUT2D eigenvalue weighted by Gasteiger charge is 2.28. The molecule has 2 amide bonds. The molecule has 192 valence electrons. The van der Waals surface area contributed by atoms with Crippen molar-refractivity contribution in [1.82, 2.24) is 20.4 Å². The summed E-state index contributed by atoms with van der Waals surface area (Å²) in [5.74, 6) is 1.93. The molecule has 0 spiro atoms. The van der Waals surface area contributed by atoms with E-state index in [0.717, 1.165) is 55.5 Å². The molecule has 1 aliphatic carbocycles. The highest BCUT2D eigenvalue weighted by molar-refractivity contribution is 5.75. The smallest absolute Gasteiger partial charge is 0.317 e. The van der Waals surface area contributed by atoms with Crippen LogP contribution in [-0.2, 0) is 6.42 Å². The molecule has 1 fully saturated rings. The van der Waals surface area contributed by atoms with E-state index in [0.29, 0.717) is 34.5 Å². The zero-order chi connectivity index (χ0) is 25.9. The van der Waals surface area contributed by atoms with Crippen LogP contribution in [0.2, 0.25) is 0 Å². The van der Waals surface area contributed by atoms with Gasteiger partial charge in [0.05, 0.1) is 17.7 Å². The van der Waals surface area contributed by atoms with Crippen molar-refractivity contribution in [3.05, 3.63) is 53.1 Å². The molecule has 8 heteroatoms. The molecule has 37 heavy (non-hydrogen) atoms. The van der Waals surface area contributed by atoms with Gasteiger partial charge in [-0.25, -0.2) is 4.79 Å². The van der Waals surface area contributed by atoms with Crippen LogP contribution >= 0.6 is 0 Å². The minimum atomic E-state index is -0.0357. The molecule has 0 saturated carbocycles. The summed E-state index contributed by atoms with van der Waals surface area (Å²) in [5, 5.41) is 17.1. The number of carbonyl (C=O) groups excluding carboxylic acids is 1. The van der Waals surface area contributed by atoms with Crippen molar-refractivity contribution in [2.75, 3.05) is 13.1 Å². The van der Waals surface area contributed by atoms with Crippen LogP contribution in [0.4, 0.5) is 4.79 Å².